The molecule has 0 aliphatic rings. The molecule has 0 saturated carbocycles. The highest BCUT2D eigenvalue weighted by molar-refractivity contribution is 5.71. The van der Waals surface area contributed by atoms with E-state index in [9.17, 15) is 14.4 Å². The summed E-state index contributed by atoms with van der Waals surface area (Å²) in [5.74, 6) is -0.879. The molecule has 6 nitrogen and oxygen atoms in total. The molecule has 0 aliphatic carbocycles. The fraction of sp³-hybridized carbons (Fsp3) is 0.757. The third-order valence-electron chi connectivity index (χ3n) is 14.1. The lowest BCUT2D eigenvalue weighted by Crippen LogP contribution is -2.30. The molecular formula is C70H122O6. The number of hydrogen-bond donors (Lipinski definition) is 0. The molecule has 0 aromatic carbocycles. The van der Waals surface area contributed by atoms with Crippen LogP contribution >= 0.6 is 0 Å². The number of ether oxygens (including phenoxy) is 3. The summed E-state index contributed by atoms with van der Waals surface area (Å²) in [6, 6.07) is 0. The van der Waals surface area contributed by atoms with Crippen molar-refractivity contribution in [1.82, 2.24) is 0 Å². The van der Waals surface area contributed by atoms with Crippen LogP contribution in [-0.4, -0.2) is 37.2 Å². The Labute approximate surface area is 471 Å². The zero-order chi connectivity index (χ0) is 55.0. The van der Waals surface area contributed by atoms with E-state index >= 15 is 0 Å². The molecule has 0 fully saturated rings. The van der Waals surface area contributed by atoms with Gasteiger partial charge < -0.3 is 14.2 Å². The van der Waals surface area contributed by atoms with E-state index < -0.39 is 6.10 Å². The van der Waals surface area contributed by atoms with Crippen molar-refractivity contribution in [2.75, 3.05) is 13.2 Å². The van der Waals surface area contributed by atoms with Gasteiger partial charge in [0.1, 0.15) is 13.2 Å². The van der Waals surface area contributed by atoms with Gasteiger partial charge in [-0.1, -0.05) is 292 Å². The molecule has 76 heavy (non-hydrogen) atoms. The predicted octanol–water partition coefficient (Wildman–Crippen LogP) is 22.3. The Morgan fingerprint density at radius 1 is 0.276 bits per heavy atom. The summed E-state index contributed by atoms with van der Waals surface area (Å²) in [6.45, 7) is 6.53. The van der Waals surface area contributed by atoms with Gasteiger partial charge in [0.2, 0.25) is 0 Å². The Bertz CT molecular complexity index is 1450. The van der Waals surface area contributed by atoms with Gasteiger partial charge in [0.25, 0.3) is 0 Å². The lowest BCUT2D eigenvalue weighted by Gasteiger charge is -2.18. The van der Waals surface area contributed by atoms with Gasteiger partial charge >= 0.3 is 17.9 Å². The molecule has 0 aromatic rings. The van der Waals surface area contributed by atoms with Crippen LogP contribution in [0.2, 0.25) is 0 Å². The Hall–Kier alpha value is -3.41. The molecule has 0 aliphatic heterocycles. The molecule has 0 spiro atoms. The predicted molar refractivity (Wildman–Crippen MR) is 330 cm³/mol. The summed E-state index contributed by atoms with van der Waals surface area (Å²) in [7, 11) is 0. The smallest absolute Gasteiger partial charge is 0.306 e. The van der Waals surface area contributed by atoms with Crippen LogP contribution in [0.25, 0.3) is 0 Å². The molecule has 0 heterocycles. The molecule has 0 bridgehead atoms. The number of carbonyl (C=O) groups excluding carboxylic acids is 3. The first kappa shape index (κ1) is 72.6. The van der Waals surface area contributed by atoms with Crippen LogP contribution in [0.4, 0.5) is 0 Å². The first-order valence-corrected chi connectivity index (χ1v) is 32.6. The quantitative estimate of drug-likeness (QED) is 0.0261. The highest BCUT2D eigenvalue weighted by Gasteiger charge is 2.19. The van der Waals surface area contributed by atoms with Gasteiger partial charge in [0.15, 0.2) is 6.10 Å². The Morgan fingerprint density at radius 2 is 0.513 bits per heavy atom. The zero-order valence-corrected chi connectivity index (χ0v) is 50.3. The third-order valence-corrected chi connectivity index (χ3v) is 14.1. The van der Waals surface area contributed by atoms with Crippen LogP contribution in [0.3, 0.4) is 0 Å². The van der Waals surface area contributed by atoms with E-state index in [2.05, 4.69) is 106 Å². The molecule has 1 atom stereocenters. The normalized spacial score (nSPS) is 12.6. The molecular weight excluding hydrogens is 937 g/mol. The van der Waals surface area contributed by atoms with Gasteiger partial charge in [0, 0.05) is 19.3 Å². The van der Waals surface area contributed by atoms with Crippen molar-refractivity contribution in [2.24, 2.45) is 0 Å². The Morgan fingerprint density at radius 3 is 0.816 bits per heavy atom. The van der Waals surface area contributed by atoms with E-state index in [1.54, 1.807) is 0 Å². The van der Waals surface area contributed by atoms with Crippen molar-refractivity contribution in [3.63, 3.8) is 0 Å². The average molecular weight is 1060 g/mol. The fourth-order valence-electron chi connectivity index (χ4n) is 9.27. The summed E-state index contributed by atoms with van der Waals surface area (Å²) in [5, 5.41) is 0. The van der Waals surface area contributed by atoms with Gasteiger partial charge in [-0.25, -0.2) is 0 Å². The standard InChI is InChI=1S/C70H122O6/c1-4-7-10-13-16-19-22-25-27-29-30-31-32-33-34-35-36-37-38-39-40-41-43-45-48-51-54-57-60-63-69(72)75-66-67(65-74-68(71)62-59-56-53-50-47-44-24-21-18-15-12-9-6-3)76-70(73)64-61-58-55-52-49-46-42-28-26-23-20-17-14-11-8-5-2/h7,10,16,19-20,23,25,27-28,30-31,33-34,42,67H,4-6,8-9,11-15,17-18,21-22,24,26,29,32,35-41,43-66H2,1-3H3/b10-7-,19-16-,23-20-,27-25-,31-30-,34-33-,42-28-. The van der Waals surface area contributed by atoms with E-state index in [1.165, 1.54) is 167 Å². The third kappa shape index (κ3) is 61.4. The van der Waals surface area contributed by atoms with E-state index in [4.69, 9.17) is 14.2 Å². The van der Waals surface area contributed by atoms with Crippen molar-refractivity contribution < 1.29 is 28.6 Å². The number of carbonyl (C=O) groups is 3. The Kier molecular flexibility index (Phi) is 61.2. The zero-order valence-electron chi connectivity index (χ0n) is 50.3. The van der Waals surface area contributed by atoms with Crippen LogP contribution in [0.15, 0.2) is 85.1 Å². The SMILES string of the molecule is CC/C=C\C/C=C\C/C=C\C/C=C\C/C=C\CCCCCCCCCCCCCCCC(=O)OCC(COC(=O)CCCCCCCCCCCCCCC)OC(=O)CCCCCCC/C=C\C/C=C\CCCCCC. The molecule has 438 valence electrons. The molecule has 0 amide bonds. The van der Waals surface area contributed by atoms with Crippen molar-refractivity contribution in [2.45, 2.75) is 329 Å². The highest BCUT2D eigenvalue weighted by Crippen LogP contribution is 2.17. The van der Waals surface area contributed by atoms with Gasteiger partial charge in [-0.3, -0.25) is 14.4 Å². The van der Waals surface area contributed by atoms with Gasteiger partial charge in [-0.05, 0) is 96.3 Å². The van der Waals surface area contributed by atoms with Crippen molar-refractivity contribution in [3.8, 4) is 0 Å². The number of unbranched alkanes of at least 4 members (excludes halogenated alkanes) is 34. The van der Waals surface area contributed by atoms with Crippen molar-refractivity contribution in [3.05, 3.63) is 85.1 Å². The summed E-state index contributed by atoms with van der Waals surface area (Å²) < 4.78 is 16.9. The number of rotatable bonds is 59. The fourth-order valence-corrected chi connectivity index (χ4v) is 9.27. The average Bonchev–Trinajstić information content (AvgIpc) is 3.42. The Balaban J connectivity index is 4.25. The minimum absolute atomic E-state index is 0.0784. The second kappa shape index (κ2) is 64.1. The molecule has 0 radical (unpaired) electrons. The summed E-state index contributed by atoms with van der Waals surface area (Å²) in [4.78, 5) is 38.3. The highest BCUT2D eigenvalue weighted by atomic mass is 16.6. The van der Waals surface area contributed by atoms with Gasteiger partial charge in [0.05, 0.1) is 0 Å². The lowest BCUT2D eigenvalue weighted by molar-refractivity contribution is -0.167. The first-order chi connectivity index (χ1) is 37.5. The molecule has 0 rings (SSSR count). The van der Waals surface area contributed by atoms with Crippen LogP contribution in [0.1, 0.15) is 323 Å². The number of hydrogen-bond acceptors (Lipinski definition) is 6. The maximum absolute atomic E-state index is 12.9. The van der Waals surface area contributed by atoms with Crippen molar-refractivity contribution >= 4 is 17.9 Å². The molecule has 6 heteroatoms. The summed E-state index contributed by atoms with van der Waals surface area (Å²) >= 11 is 0. The van der Waals surface area contributed by atoms with Crippen molar-refractivity contribution in [1.29, 1.82) is 0 Å². The summed E-state index contributed by atoms with van der Waals surface area (Å²) in [5.41, 5.74) is 0. The second-order valence-corrected chi connectivity index (χ2v) is 21.6. The maximum atomic E-state index is 12.9. The monoisotopic (exact) mass is 1060 g/mol. The maximum Gasteiger partial charge on any atom is 0.306 e. The largest absolute Gasteiger partial charge is 0.462 e. The topological polar surface area (TPSA) is 78.9 Å². The van der Waals surface area contributed by atoms with E-state index in [1.807, 2.05) is 0 Å². The van der Waals surface area contributed by atoms with Crippen LogP contribution in [0, 0.1) is 0 Å². The van der Waals surface area contributed by atoms with Crippen LogP contribution < -0.4 is 0 Å². The first-order valence-electron chi connectivity index (χ1n) is 32.6. The van der Waals surface area contributed by atoms with E-state index in [0.29, 0.717) is 19.3 Å². The van der Waals surface area contributed by atoms with Crippen LogP contribution in [-0.2, 0) is 28.6 Å². The minimum Gasteiger partial charge on any atom is -0.462 e. The van der Waals surface area contributed by atoms with Gasteiger partial charge in [-0.2, -0.15) is 0 Å². The molecule has 0 aromatic heterocycles. The van der Waals surface area contributed by atoms with Crippen LogP contribution in [0.5, 0.6) is 0 Å². The van der Waals surface area contributed by atoms with E-state index in [0.717, 1.165) is 116 Å². The number of allylic oxidation sites excluding steroid dienone is 14. The lowest BCUT2D eigenvalue weighted by atomic mass is 10.0. The molecule has 1 unspecified atom stereocenters. The molecule has 0 saturated heterocycles. The number of esters is 3. The minimum atomic E-state index is -0.782. The van der Waals surface area contributed by atoms with E-state index in [-0.39, 0.29) is 31.1 Å². The summed E-state index contributed by atoms with van der Waals surface area (Å²) in [6.07, 6.45) is 84.5. The second-order valence-electron chi connectivity index (χ2n) is 21.6. The van der Waals surface area contributed by atoms with Gasteiger partial charge in [-0.15, -0.1) is 0 Å². The molecule has 0 N–H and O–H groups in total.